The molecule has 3 N–H and O–H groups in total. The van der Waals surface area contributed by atoms with Crippen LogP contribution in [0.5, 0.6) is 0 Å². The van der Waals surface area contributed by atoms with Gasteiger partial charge >= 0.3 is 12.0 Å². The molecule has 0 aromatic carbocycles. The quantitative estimate of drug-likeness (QED) is 0.646. The van der Waals surface area contributed by atoms with Crippen LogP contribution in [0.2, 0.25) is 0 Å². The monoisotopic (exact) mass is 230 g/mol. The molecule has 0 radical (unpaired) electrons. The Hall–Kier alpha value is -1.26. The van der Waals surface area contributed by atoms with Crippen molar-refractivity contribution < 1.29 is 14.7 Å². The van der Waals surface area contributed by atoms with E-state index in [4.69, 9.17) is 5.11 Å². The van der Waals surface area contributed by atoms with E-state index in [1.807, 2.05) is 6.92 Å². The largest absolute Gasteiger partial charge is 0.481 e. The third kappa shape index (κ3) is 5.58. The van der Waals surface area contributed by atoms with Crippen LogP contribution in [0, 0.1) is 11.8 Å². The molecule has 3 unspecified atom stereocenters. The minimum Gasteiger partial charge on any atom is -0.481 e. The molecule has 0 aliphatic carbocycles. The van der Waals surface area contributed by atoms with Crippen molar-refractivity contribution in [2.24, 2.45) is 11.8 Å². The summed E-state index contributed by atoms with van der Waals surface area (Å²) in [6, 6.07) is -0.685. The number of rotatable bonds is 6. The lowest BCUT2D eigenvalue weighted by Gasteiger charge is -2.19. The SMILES string of the molecule is CCC(C)CNC(=O)NC(C)C(C)C(=O)O. The number of hydrogen-bond acceptors (Lipinski definition) is 2. The van der Waals surface area contributed by atoms with Crippen LogP contribution in [0.15, 0.2) is 0 Å². The second-order valence-electron chi connectivity index (χ2n) is 4.28. The fraction of sp³-hybridized carbons (Fsp3) is 0.818. The summed E-state index contributed by atoms with van der Waals surface area (Å²) in [6.07, 6.45) is 1.00. The molecule has 0 heterocycles. The molecule has 0 spiro atoms. The van der Waals surface area contributed by atoms with Gasteiger partial charge in [0.15, 0.2) is 0 Å². The van der Waals surface area contributed by atoms with Crippen LogP contribution < -0.4 is 10.6 Å². The fourth-order valence-electron chi connectivity index (χ4n) is 1.01. The summed E-state index contributed by atoms with van der Waals surface area (Å²) < 4.78 is 0. The van der Waals surface area contributed by atoms with Gasteiger partial charge in [0.2, 0.25) is 0 Å². The highest BCUT2D eigenvalue weighted by Crippen LogP contribution is 2.02. The number of hydrogen-bond donors (Lipinski definition) is 3. The van der Waals surface area contributed by atoms with Crippen molar-refractivity contribution in [1.29, 1.82) is 0 Å². The Morgan fingerprint density at radius 3 is 2.25 bits per heavy atom. The Labute approximate surface area is 96.6 Å². The Balaban J connectivity index is 3.91. The van der Waals surface area contributed by atoms with Gasteiger partial charge in [0.1, 0.15) is 0 Å². The zero-order valence-electron chi connectivity index (χ0n) is 10.4. The molecule has 0 aliphatic heterocycles. The molecule has 94 valence electrons. The van der Waals surface area contributed by atoms with Gasteiger partial charge < -0.3 is 15.7 Å². The van der Waals surface area contributed by atoms with Crippen LogP contribution in [-0.4, -0.2) is 29.7 Å². The normalized spacial score (nSPS) is 16.0. The molecule has 0 rings (SSSR count). The van der Waals surface area contributed by atoms with E-state index in [9.17, 15) is 9.59 Å². The van der Waals surface area contributed by atoms with E-state index in [1.165, 1.54) is 0 Å². The van der Waals surface area contributed by atoms with E-state index >= 15 is 0 Å². The number of carbonyl (C=O) groups is 2. The molecule has 0 aromatic heterocycles. The number of urea groups is 1. The first-order valence-corrected chi connectivity index (χ1v) is 5.65. The topological polar surface area (TPSA) is 78.4 Å². The van der Waals surface area contributed by atoms with Crippen molar-refractivity contribution in [3.05, 3.63) is 0 Å². The summed E-state index contributed by atoms with van der Waals surface area (Å²) >= 11 is 0. The third-order valence-corrected chi connectivity index (χ3v) is 2.81. The Morgan fingerprint density at radius 1 is 1.25 bits per heavy atom. The highest BCUT2D eigenvalue weighted by molar-refractivity contribution is 5.76. The molecule has 0 bridgehead atoms. The number of amides is 2. The second-order valence-corrected chi connectivity index (χ2v) is 4.28. The second kappa shape index (κ2) is 7.09. The highest BCUT2D eigenvalue weighted by atomic mass is 16.4. The van der Waals surface area contributed by atoms with E-state index in [1.54, 1.807) is 13.8 Å². The van der Waals surface area contributed by atoms with E-state index in [-0.39, 0.29) is 12.1 Å². The lowest BCUT2D eigenvalue weighted by molar-refractivity contribution is -0.141. The molecule has 16 heavy (non-hydrogen) atoms. The maximum absolute atomic E-state index is 11.4. The predicted molar refractivity (Wildman–Crippen MR) is 62.3 cm³/mol. The van der Waals surface area contributed by atoms with Crippen molar-refractivity contribution in [1.82, 2.24) is 10.6 Å². The van der Waals surface area contributed by atoms with Gasteiger partial charge in [-0.2, -0.15) is 0 Å². The highest BCUT2D eigenvalue weighted by Gasteiger charge is 2.20. The minimum absolute atomic E-state index is 0.305. The minimum atomic E-state index is -0.908. The summed E-state index contributed by atoms with van der Waals surface area (Å²) in [5.74, 6) is -1.07. The van der Waals surface area contributed by atoms with Crippen molar-refractivity contribution in [3.63, 3.8) is 0 Å². The molecule has 0 saturated carbocycles. The zero-order chi connectivity index (χ0) is 12.7. The van der Waals surface area contributed by atoms with Crippen LogP contribution >= 0.6 is 0 Å². The molecule has 0 aliphatic rings. The van der Waals surface area contributed by atoms with Gasteiger partial charge in [-0.1, -0.05) is 20.3 Å². The van der Waals surface area contributed by atoms with Crippen LogP contribution in [0.4, 0.5) is 4.79 Å². The molecule has 2 amide bonds. The molecular weight excluding hydrogens is 208 g/mol. The molecule has 0 fully saturated rings. The van der Waals surface area contributed by atoms with Gasteiger partial charge in [0.25, 0.3) is 0 Å². The Morgan fingerprint density at radius 2 is 1.81 bits per heavy atom. The van der Waals surface area contributed by atoms with Crippen molar-refractivity contribution in [2.75, 3.05) is 6.54 Å². The summed E-state index contributed by atoms with van der Waals surface area (Å²) in [7, 11) is 0. The van der Waals surface area contributed by atoms with Gasteiger partial charge in [-0.05, 0) is 19.8 Å². The lowest BCUT2D eigenvalue weighted by atomic mass is 10.0. The lowest BCUT2D eigenvalue weighted by Crippen LogP contribution is -2.46. The zero-order valence-corrected chi connectivity index (χ0v) is 10.4. The van der Waals surface area contributed by atoms with E-state index < -0.39 is 11.9 Å². The summed E-state index contributed by atoms with van der Waals surface area (Å²) in [4.78, 5) is 22.0. The number of nitrogens with one attached hydrogen (secondary N) is 2. The molecule has 5 nitrogen and oxygen atoms in total. The van der Waals surface area contributed by atoms with E-state index in [0.29, 0.717) is 12.5 Å². The number of carboxylic acids is 1. The number of carbonyl (C=O) groups excluding carboxylic acids is 1. The van der Waals surface area contributed by atoms with Gasteiger partial charge in [-0.3, -0.25) is 4.79 Å². The smallest absolute Gasteiger partial charge is 0.315 e. The van der Waals surface area contributed by atoms with Crippen molar-refractivity contribution in [2.45, 2.75) is 40.2 Å². The van der Waals surface area contributed by atoms with E-state index in [0.717, 1.165) is 6.42 Å². The maximum Gasteiger partial charge on any atom is 0.315 e. The van der Waals surface area contributed by atoms with Crippen molar-refractivity contribution in [3.8, 4) is 0 Å². The first kappa shape index (κ1) is 14.7. The van der Waals surface area contributed by atoms with Crippen LogP contribution in [0.25, 0.3) is 0 Å². The van der Waals surface area contributed by atoms with Crippen LogP contribution in [0.3, 0.4) is 0 Å². The molecule has 3 atom stereocenters. The predicted octanol–water partition coefficient (Wildman–Crippen LogP) is 1.44. The van der Waals surface area contributed by atoms with Crippen molar-refractivity contribution >= 4 is 12.0 Å². The standard InChI is InChI=1S/C11H22N2O3/c1-5-7(2)6-12-11(16)13-9(4)8(3)10(14)15/h7-9H,5-6H2,1-4H3,(H,14,15)(H2,12,13,16). The van der Waals surface area contributed by atoms with Gasteiger partial charge in [0.05, 0.1) is 5.92 Å². The Kier molecular flexibility index (Phi) is 6.53. The number of carboxylic acid groups (broad SMARTS) is 1. The van der Waals surface area contributed by atoms with Gasteiger partial charge in [0, 0.05) is 12.6 Å². The first-order chi connectivity index (χ1) is 7.38. The number of aliphatic carboxylic acids is 1. The summed E-state index contributed by atoms with van der Waals surface area (Å²) in [6.45, 7) is 7.96. The molecular formula is C11H22N2O3. The first-order valence-electron chi connectivity index (χ1n) is 5.65. The molecule has 0 saturated heterocycles. The average molecular weight is 230 g/mol. The van der Waals surface area contributed by atoms with Gasteiger partial charge in [-0.25, -0.2) is 4.79 Å². The fourth-order valence-corrected chi connectivity index (χ4v) is 1.01. The summed E-state index contributed by atoms with van der Waals surface area (Å²) in [5.41, 5.74) is 0. The third-order valence-electron chi connectivity index (χ3n) is 2.81. The molecule has 5 heteroatoms. The van der Waals surface area contributed by atoms with Gasteiger partial charge in [-0.15, -0.1) is 0 Å². The average Bonchev–Trinajstić information content (AvgIpc) is 2.24. The van der Waals surface area contributed by atoms with E-state index in [2.05, 4.69) is 17.6 Å². The van der Waals surface area contributed by atoms with Crippen LogP contribution in [-0.2, 0) is 4.79 Å². The molecule has 0 aromatic rings. The summed E-state index contributed by atoms with van der Waals surface area (Å²) in [5, 5.41) is 14.1. The maximum atomic E-state index is 11.4. The van der Waals surface area contributed by atoms with Crippen LogP contribution in [0.1, 0.15) is 34.1 Å². The Bertz CT molecular complexity index is 243.